The molecule has 0 bridgehead atoms. The first-order valence-corrected chi connectivity index (χ1v) is 6.48. The molecule has 0 radical (unpaired) electrons. The zero-order valence-electron chi connectivity index (χ0n) is 10.4. The summed E-state index contributed by atoms with van der Waals surface area (Å²) in [4.78, 5) is 0. The van der Waals surface area contributed by atoms with Gasteiger partial charge in [-0.05, 0) is 37.5 Å². The van der Waals surface area contributed by atoms with Crippen LogP contribution in [0.25, 0.3) is 0 Å². The predicted molar refractivity (Wildman–Crippen MR) is 69.8 cm³/mol. The van der Waals surface area contributed by atoms with E-state index in [2.05, 4.69) is 0 Å². The predicted octanol–water partition coefficient (Wildman–Crippen LogP) is 3.54. The first kappa shape index (κ1) is 12.7. The van der Waals surface area contributed by atoms with E-state index in [9.17, 15) is 5.11 Å². The van der Waals surface area contributed by atoms with Gasteiger partial charge in [0.15, 0.2) is 0 Å². The zero-order valence-corrected chi connectivity index (χ0v) is 11.1. The highest BCUT2D eigenvalue weighted by Gasteiger charge is 2.27. The molecule has 0 amide bonds. The summed E-state index contributed by atoms with van der Waals surface area (Å²) in [6.45, 7) is 4.06. The zero-order chi connectivity index (χ0) is 12.5. The van der Waals surface area contributed by atoms with Crippen molar-refractivity contribution < 1.29 is 9.84 Å². The fourth-order valence-electron chi connectivity index (χ4n) is 1.89. The van der Waals surface area contributed by atoms with Crippen LogP contribution in [-0.4, -0.2) is 17.8 Å². The Morgan fingerprint density at radius 1 is 1.41 bits per heavy atom. The van der Waals surface area contributed by atoms with E-state index >= 15 is 0 Å². The second kappa shape index (κ2) is 4.87. The lowest BCUT2D eigenvalue weighted by atomic mass is 9.84. The van der Waals surface area contributed by atoms with Gasteiger partial charge in [0.25, 0.3) is 0 Å². The highest BCUT2D eigenvalue weighted by molar-refractivity contribution is 6.30. The van der Waals surface area contributed by atoms with E-state index in [0.29, 0.717) is 11.1 Å². The average Bonchev–Trinajstić information content (AvgIpc) is 2.25. The molecule has 1 aromatic rings. The molecule has 0 saturated heterocycles. The SMILES string of the molecule is CC(C)(CO)c1cc(Cl)ccc1OC1CCC1. The maximum absolute atomic E-state index is 9.47. The topological polar surface area (TPSA) is 29.5 Å². The normalized spacial score (nSPS) is 16.7. The Morgan fingerprint density at radius 3 is 2.65 bits per heavy atom. The number of hydrogen-bond donors (Lipinski definition) is 1. The number of hydrogen-bond acceptors (Lipinski definition) is 2. The molecule has 1 aliphatic rings. The van der Waals surface area contributed by atoms with Gasteiger partial charge in [0, 0.05) is 16.0 Å². The largest absolute Gasteiger partial charge is 0.490 e. The van der Waals surface area contributed by atoms with Crippen LogP contribution in [0.1, 0.15) is 38.7 Å². The Bertz CT molecular complexity index is 397. The van der Waals surface area contributed by atoms with Crippen LogP contribution < -0.4 is 4.74 Å². The maximum atomic E-state index is 9.47. The van der Waals surface area contributed by atoms with Gasteiger partial charge in [0.05, 0.1) is 12.7 Å². The average molecular weight is 255 g/mol. The third-order valence-corrected chi connectivity index (χ3v) is 3.65. The lowest BCUT2D eigenvalue weighted by Gasteiger charge is -2.31. The lowest BCUT2D eigenvalue weighted by molar-refractivity contribution is 0.115. The van der Waals surface area contributed by atoms with Crippen molar-refractivity contribution in [1.29, 1.82) is 0 Å². The molecule has 2 nitrogen and oxygen atoms in total. The molecule has 1 N–H and O–H groups in total. The molecule has 1 saturated carbocycles. The van der Waals surface area contributed by atoms with Crippen molar-refractivity contribution in [2.75, 3.05) is 6.61 Å². The van der Waals surface area contributed by atoms with Gasteiger partial charge in [-0.3, -0.25) is 0 Å². The first-order valence-electron chi connectivity index (χ1n) is 6.10. The van der Waals surface area contributed by atoms with Crippen LogP contribution in [0.2, 0.25) is 5.02 Å². The van der Waals surface area contributed by atoms with E-state index in [0.717, 1.165) is 24.2 Å². The Balaban J connectivity index is 2.29. The van der Waals surface area contributed by atoms with E-state index in [1.165, 1.54) is 6.42 Å². The lowest BCUT2D eigenvalue weighted by Crippen LogP contribution is -2.28. The van der Waals surface area contributed by atoms with Crippen molar-refractivity contribution >= 4 is 11.6 Å². The van der Waals surface area contributed by atoms with Gasteiger partial charge in [-0.2, -0.15) is 0 Å². The van der Waals surface area contributed by atoms with E-state index in [1.807, 2.05) is 32.0 Å². The monoisotopic (exact) mass is 254 g/mol. The molecule has 0 aromatic heterocycles. The second-order valence-corrected chi connectivity index (χ2v) is 5.79. The third-order valence-electron chi connectivity index (χ3n) is 3.41. The molecule has 2 rings (SSSR count). The van der Waals surface area contributed by atoms with Crippen molar-refractivity contribution in [3.8, 4) is 5.75 Å². The minimum Gasteiger partial charge on any atom is -0.490 e. The number of halogens is 1. The number of benzene rings is 1. The van der Waals surface area contributed by atoms with E-state index in [4.69, 9.17) is 16.3 Å². The van der Waals surface area contributed by atoms with E-state index < -0.39 is 0 Å². The fraction of sp³-hybridized carbons (Fsp3) is 0.571. The third kappa shape index (κ3) is 2.75. The van der Waals surface area contributed by atoms with Crippen LogP contribution >= 0.6 is 11.6 Å². The molecule has 0 heterocycles. The summed E-state index contributed by atoms with van der Waals surface area (Å²) in [5.41, 5.74) is 0.656. The summed E-state index contributed by atoms with van der Waals surface area (Å²) in [5, 5.41) is 10.2. The van der Waals surface area contributed by atoms with Crippen molar-refractivity contribution in [2.45, 2.75) is 44.6 Å². The summed E-state index contributed by atoms with van der Waals surface area (Å²) in [7, 11) is 0. The molecular formula is C14H19ClO2. The first-order chi connectivity index (χ1) is 8.03. The maximum Gasteiger partial charge on any atom is 0.123 e. The fourth-order valence-corrected chi connectivity index (χ4v) is 2.06. The molecule has 1 aromatic carbocycles. The molecule has 3 heteroatoms. The summed E-state index contributed by atoms with van der Waals surface area (Å²) >= 11 is 6.03. The smallest absolute Gasteiger partial charge is 0.123 e. The summed E-state index contributed by atoms with van der Waals surface area (Å²) < 4.78 is 5.95. The van der Waals surface area contributed by atoms with Crippen molar-refractivity contribution in [3.05, 3.63) is 28.8 Å². The van der Waals surface area contributed by atoms with Gasteiger partial charge in [-0.1, -0.05) is 25.4 Å². The quantitative estimate of drug-likeness (QED) is 0.891. The summed E-state index contributed by atoms with van der Waals surface area (Å²) in [6, 6.07) is 5.64. The van der Waals surface area contributed by atoms with Crippen LogP contribution in [0, 0.1) is 0 Å². The molecule has 17 heavy (non-hydrogen) atoms. The molecular weight excluding hydrogens is 236 g/mol. The molecule has 94 valence electrons. The van der Waals surface area contributed by atoms with Crippen LogP contribution in [0.4, 0.5) is 0 Å². The van der Waals surface area contributed by atoms with Crippen LogP contribution in [0.5, 0.6) is 5.75 Å². The molecule has 0 spiro atoms. The van der Waals surface area contributed by atoms with Gasteiger partial charge in [-0.25, -0.2) is 0 Å². The Labute approximate surface area is 108 Å². The molecule has 1 aliphatic carbocycles. The Morgan fingerprint density at radius 2 is 2.12 bits per heavy atom. The highest BCUT2D eigenvalue weighted by atomic mass is 35.5. The molecule has 0 atom stereocenters. The van der Waals surface area contributed by atoms with Crippen molar-refractivity contribution in [2.24, 2.45) is 0 Å². The van der Waals surface area contributed by atoms with Crippen LogP contribution in [0.3, 0.4) is 0 Å². The van der Waals surface area contributed by atoms with Gasteiger partial charge >= 0.3 is 0 Å². The van der Waals surface area contributed by atoms with Gasteiger partial charge in [0.2, 0.25) is 0 Å². The molecule has 1 fully saturated rings. The minimum atomic E-state index is -0.329. The van der Waals surface area contributed by atoms with Crippen molar-refractivity contribution in [3.63, 3.8) is 0 Å². The van der Waals surface area contributed by atoms with Gasteiger partial charge < -0.3 is 9.84 Å². The van der Waals surface area contributed by atoms with Gasteiger partial charge in [-0.15, -0.1) is 0 Å². The number of rotatable bonds is 4. The second-order valence-electron chi connectivity index (χ2n) is 5.35. The minimum absolute atomic E-state index is 0.0777. The van der Waals surface area contributed by atoms with Crippen LogP contribution in [-0.2, 0) is 5.41 Å². The van der Waals surface area contributed by atoms with Crippen molar-refractivity contribution in [1.82, 2.24) is 0 Å². The van der Waals surface area contributed by atoms with E-state index in [1.54, 1.807) is 0 Å². The van der Waals surface area contributed by atoms with E-state index in [-0.39, 0.29) is 12.0 Å². The Hall–Kier alpha value is -0.730. The number of aliphatic hydroxyl groups excluding tert-OH is 1. The summed E-state index contributed by atoms with van der Waals surface area (Å²) in [6.07, 6.45) is 3.84. The molecule has 0 unspecified atom stereocenters. The number of aliphatic hydroxyl groups is 1. The Kier molecular flexibility index (Phi) is 3.64. The summed E-state index contributed by atoms with van der Waals surface area (Å²) in [5.74, 6) is 0.859. The van der Waals surface area contributed by atoms with Gasteiger partial charge in [0.1, 0.15) is 5.75 Å². The standard InChI is InChI=1S/C14H19ClO2/c1-14(2,9-16)12-8-10(15)6-7-13(12)17-11-4-3-5-11/h6-8,11,16H,3-5,9H2,1-2H3. The molecule has 0 aliphatic heterocycles. The van der Waals surface area contributed by atoms with Crippen LogP contribution in [0.15, 0.2) is 18.2 Å². The number of ether oxygens (including phenoxy) is 1. The highest BCUT2D eigenvalue weighted by Crippen LogP contribution is 2.36.